The number of hydrogen-bond acceptors (Lipinski definition) is 4. The average molecular weight is 438 g/mol. The van der Waals surface area contributed by atoms with Gasteiger partial charge in [-0.05, 0) is 80.2 Å². The number of benzene rings is 2. The molecule has 2 N–H and O–H groups in total. The highest BCUT2D eigenvalue weighted by atomic mass is 19.1. The zero-order chi connectivity index (χ0) is 23.0. The number of rotatable bonds is 8. The van der Waals surface area contributed by atoms with Gasteiger partial charge in [0.1, 0.15) is 23.5 Å². The maximum Gasteiger partial charge on any atom is 0.303 e. The van der Waals surface area contributed by atoms with Crippen LogP contribution in [0.3, 0.4) is 0 Å². The van der Waals surface area contributed by atoms with Gasteiger partial charge in [-0.3, -0.25) is 9.59 Å². The molecular formula is C26H28FNO4. The van der Waals surface area contributed by atoms with Crippen LogP contribution >= 0.6 is 0 Å². The van der Waals surface area contributed by atoms with E-state index in [2.05, 4.69) is 0 Å². The van der Waals surface area contributed by atoms with Gasteiger partial charge in [0.25, 0.3) is 0 Å². The van der Waals surface area contributed by atoms with Gasteiger partial charge in [-0.15, -0.1) is 0 Å². The summed E-state index contributed by atoms with van der Waals surface area (Å²) < 4.78 is 21.2. The lowest BCUT2D eigenvalue weighted by Gasteiger charge is -2.28. The lowest BCUT2D eigenvalue weighted by molar-refractivity contribution is -0.137. The van der Waals surface area contributed by atoms with E-state index >= 15 is 4.39 Å². The molecule has 2 aromatic rings. The number of hydrogen-bond donors (Lipinski definition) is 2. The van der Waals surface area contributed by atoms with Crippen molar-refractivity contribution in [2.45, 2.75) is 63.9 Å². The van der Waals surface area contributed by atoms with Crippen LogP contribution in [0.5, 0.6) is 5.75 Å². The van der Waals surface area contributed by atoms with Gasteiger partial charge < -0.3 is 15.3 Å². The fourth-order valence-electron chi connectivity index (χ4n) is 4.85. The Bertz CT molecular complexity index is 1060. The third-order valence-corrected chi connectivity index (χ3v) is 6.59. The molecular weight excluding hydrogens is 409 g/mol. The zero-order valence-electron chi connectivity index (χ0n) is 18.4. The van der Waals surface area contributed by atoms with Crippen LogP contribution in [0.2, 0.25) is 0 Å². The molecule has 1 aliphatic carbocycles. The van der Waals surface area contributed by atoms with Crippen molar-refractivity contribution in [1.82, 2.24) is 0 Å². The largest absolute Gasteiger partial charge is 0.485 e. The number of Topliss-reactive ketones (excluding diaryl/α,β-unsaturated/α-hetero) is 1. The zero-order valence-corrected chi connectivity index (χ0v) is 18.4. The minimum absolute atomic E-state index is 0.0225. The molecule has 0 amide bonds. The average Bonchev–Trinajstić information content (AvgIpc) is 3.56. The Morgan fingerprint density at radius 1 is 1.12 bits per heavy atom. The maximum atomic E-state index is 15.0. The number of ether oxygens (including phenoxy) is 1. The molecule has 0 saturated heterocycles. The summed E-state index contributed by atoms with van der Waals surface area (Å²) in [6, 6.07) is 10.6. The normalized spacial score (nSPS) is 19.4. The minimum atomic E-state index is -0.801. The Hall–Kier alpha value is -3.02. The second-order valence-corrected chi connectivity index (χ2v) is 9.06. The fraction of sp³-hybridized carbons (Fsp3) is 0.423. The summed E-state index contributed by atoms with van der Waals surface area (Å²) in [7, 11) is 0. The van der Waals surface area contributed by atoms with Crippen molar-refractivity contribution in [3.8, 4) is 5.75 Å². The number of carboxylic acids is 1. The van der Waals surface area contributed by atoms with Crippen molar-refractivity contribution in [1.29, 1.82) is 5.41 Å². The molecule has 3 unspecified atom stereocenters. The standard InChI is InChI=1S/C26H28FNO4/c1-14(28)26(15(2)29)19-7-9-20(22(27)11-19)23-10-8-17-5-6-18(12-24(17)32-23)21(13-25(30)31)16-3-4-16/h5-7,9,11-12,16,21,23,26,28H,3-4,8,10,13H2,1-2H3,(H,30,31). The van der Waals surface area contributed by atoms with Gasteiger partial charge in [-0.25, -0.2) is 4.39 Å². The predicted molar refractivity (Wildman–Crippen MR) is 119 cm³/mol. The van der Waals surface area contributed by atoms with Gasteiger partial charge >= 0.3 is 5.97 Å². The van der Waals surface area contributed by atoms with E-state index in [1.54, 1.807) is 19.1 Å². The molecule has 6 heteroatoms. The molecule has 0 spiro atoms. The Kier molecular flexibility index (Phi) is 6.13. The Morgan fingerprint density at radius 3 is 2.44 bits per heavy atom. The number of ketones is 1. The fourth-order valence-corrected chi connectivity index (χ4v) is 4.85. The lowest BCUT2D eigenvalue weighted by atomic mass is 9.87. The Labute approximate surface area is 187 Å². The number of carboxylic acid groups (broad SMARTS) is 1. The van der Waals surface area contributed by atoms with Crippen LogP contribution in [0.15, 0.2) is 36.4 Å². The van der Waals surface area contributed by atoms with Crippen molar-refractivity contribution in [3.05, 3.63) is 64.5 Å². The molecule has 168 valence electrons. The van der Waals surface area contributed by atoms with Crippen molar-refractivity contribution in [2.75, 3.05) is 0 Å². The number of aryl methyl sites for hydroxylation is 1. The van der Waals surface area contributed by atoms with Gasteiger partial charge in [0.15, 0.2) is 0 Å². The summed E-state index contributed by atoms with van der Waals surface area (Å²) >= 11 is 0. The first-order valence-corrected chi connectivity index (χ1v) is 11.1. The van der Waals surface area contributed by atoms with E-state index in [-0.39, 0.29) is 23.8 Å². The smallest absolute Gasteiger partial charge is 0.303 e. The SMILES string of the molecule is CC(=N)C(C(C)=O)c1ccc(C2CCc3ccc(C(CC(=O)O)C4CC4)cc3O2)c(F)c1. The lowest BCUT2D eigenvalue weighted by Crippen LogP contribution is -2.19. The highest BCUT2D eigenvalue weighted by molar-refractivity contribution is 6.06. The third-order valence-electron chi connectivity index (χ3n) is 6.59. The first kappa shape index (κ1) is 22.2. The number of fused-ring (bicyclic) bond motifs is 1. The van der Waals surface area contributed by atoms with Crippen molar-refractivity contribution < 1.29 is 23.8 Å². The Balaban J connectivity index is 1.58. The highest BCUT2D eigenvalue weighted by Crippen LogP contribution is 2.46. The van der Waals surface area contributed by atoms with Crippen LogP contribution in [0.25, 0.3) is 0 Å². The second kappa shape index (κ2) is 8.85. The summed E-state index contributed by atoms with van der Waals surface area (Å²) in [5, 5.41) is 17.2. The predicted octanol–water partition coefficient (Wildman–Crippen LogP) is 5.57. The molecule has 3 atom stereocenters. The summed E-state index contributed by atoms with van der Waals surface area (Å²) in [6.07, 6.45) is 3.11. The number of nitrogens with one attached hydrogen (secondary N) is 1. The third kappa shape index (κ3) is 4.59. The molecule has 1 fully saturated rings. The molecule has 1 heterocycles. The molecule has 5 nitrogen and oxygen atoms in total. The molecule has 1 saturated carbocycles. The van der Waals surface area contributed by atoms with Gasteiger partial charge in [0, 0.05) is 11.3 Å². The van der Waals surface area contributed by atoms with Crippen LogP contribution in [0.4, 0.5) is 4.39 Å². The summed E-state index contributed by atoms with van der Waals surface area (Å²) in [4.78, 5) is 23.2. The van der Waals surface area contributed by atoms with Crippen molar-refractivity contribution in [3.63, 3.8) is 0 Å². The molecule has 4 rings (SSSR count). The molecule has 0 radical (unpaired) electrons. The number of aliphatic carboxylic acids is 1. The van der Waals surface area contributed by atoms with E-state index in [0.29, 0.717) is 29.2 Å². The molecule has 1 aliphatic heterocycles. The minimum Gasteiger partial charge on any atom is -0.485 e. The molecule has 2 aromatic carbocycles. The maximum absolute atomic E-state index is 15.0. The number of carbonyl (C=O) groups excluding carboxylic acids is 1. The van der Waals surface area contributed by atoms with Crippen molar-refractivity contribution >= 4 is 17.5 Å². The number of halogens is 1. The molecule has 32 heavy (non-hydrogen) atoms. The molecule has 0 aromatic heterocycles. The van der Waals surface area contributed by atoms with Gasteiger partial charge in [0.2, 0.25) is 0 Å². The second-order valence-electron chi connectivity index (χ2n) is 9.06. The topological polar surface area (TPSA) is 87.5 Å². The van der Waals surface area contributed by atoms with E-state index in [1.165, 1.54) is 13.0 Å². The van der Waals surface area contributed by atoms with E-state index in [9.17, 15) is 14.7 Å². The van der Waals surface area contributed by atoms with E-state index in [0.717, 1.165) is 30.4 Å². The summed E-state index contributed by atoms with van der Waals surface area (Å²) in [5.74, 6) is -1.10. The number of carbonyl (C=O) groups is 2. The van der Waals surface area contributed by atoms with Crippen LogP contribution in [0.1, 0.15) is 79.7 Å². The molecule has 2 aliphatic rings. The van der Waals surface area contributed by atoms with E-state index < -0.39 is 23.8 Å². The van der Waals surface area contributed by atoms with Crippen LogP contribution < -0.4 is 4.74 Å². The van der Waals surface area contributed by atoms with Crippen LogP contribution in [-0.4, -0.2) is 22.6 Å². The van der Waals surface area contributed by atoms with Gasteiger partial charge in [-0.1, -0.05) is 24.3 Å². The first-order chi connectivity index (χ1) is 15.2. The quantitative estimate of drug-likeness (QED) is 0.528. The van der Waals surface area contributed by atoms with Crippen molar-refractivity contribution in [2.24, 2.45) is 5.92 Å². The highest BCUT2D eigenvalue weighted by Gasteiger charge is 2.35. The van der Waals surface area contributed by atoms with Gasteiger partial charge in [0.05, 0.1) is 12.3 Å². The molecule has 0 bridgehead atoms. The Morgan fingerprint density at radius 2 is 1.84 bits per heavy atom. The first-order valence-electron chi connectivity index (χ1n) is 11.1. The van der Waals surface area contributed by atoms with E-state index in [4.69, 9.17) is 10.1 Å². The van der Waals surface area contributed by atoms with Crippen LogP contribution in [-0.2, 0) is 16.0 Å². The van der Waals surface area contributed by atoms with E-state index in [1.807, 2.05) is 18.2 Å². The monoisotopic (exact) mass is 437 g/mol. The summed E-state index contributed by atoms with van der Waals surface area (Å²) in [6.45, 7) is 2.96. The van der Waals surface area contributed by atoms with Gasteiger partial charge in [-0.2, -0.15) is 0 Å². The van der Waals surface area contributed by atoms with Crippen LogP contribution in [0, 0.1) is 17.1 Å². The summed E-state index contributed by atoms with van der Waals surface area (Å²) in [5.41, 5.74) is 3.11.